The molecule has 1 N–H and O–H groups in total. The van der Waals surface area contributed by atoms with Crippen LogP contribution in [0.25, 0.3) is 0 Å². The van der Waals surface area contributed by atoms with Gasteiger partial charge in [-0.3, -0.25) is 14.3 Å². The molecule has 0 spiro atoms. The molecule has 2 heterocycles. The van der Waals surface area contributed by atoms with Crippen LogP contribution in [-0.4, -0.2) is 38.2 Å². The van der Waals surface area contributed by atoms with Crippen molar-refractivity contribution in [3.8, 4) is 0 Å². The zero-order valence-corrected chi connectivity index (χ0v) is 13.9. The Morgan fingerprint density at radius 2 is 2.08 bits per heavy atom. The lowest BCUT2D eigenvalue weighted by Crippen LogP contribution is -2.46. The molecule has 1 aromatic heterocycles. The van der Waals surface area contributed by atoms with Crippen LogP contribution in [0.1, 0.15) is 30.0 Å². The molecule has 1 aliphatic heterocycles. The highest BCUT2D eigenvalue weighted by Gasteiger charge is 2.41. The maximum atomic E-state index is 13.0. The molecule has 1 saturated heterocycles. The summed E-state index contributed by atoms with van der Waals surface area (Å²) >= 11 is 0. The normalized spacial score (nSPS) is 20.7. The molecule has 0 radical (unpaired) electrons. The maximum absolute atomic E-state index is 13.0. The second-order valence-electron chi connectivity index (χ2n) is 6.34. The minimum absolute atomic E-state index is 0.0616. The molecule has 25 heavy (non-hydrogen) atoms. The summed E-state index contributed by atoms with van der Waals surface area (Å²) in [6.07, 6.45) is 4.45. The standard InChI is InChI=1S/C18H20FN3O3/c1-21-11-13(10-20-21)17-15(18(24)25)6-7-16(23)22(17)9-8-12-2-4-14(19)5-3-12/h2-5,10-11,15,17H,6-9H2,1H3,(H,24,25)/t15-,17-/m0/s1. The van der Waals surface area contributed by atoms with E-state index in [0.717, 1.165) is 11.1 Å². The van der Waals surface area contributed by atoms with Gasteiger partial charge in [0, 0.05) is 31.8 Å². The molecule has 1 amide bonds. The van der Waals surface area contributed by atoms with E-state index in [4.69, 9.17) is 0 Å². The Hall–Kier alpha value is -2.70. The highest BCUT2D eigenvalue weighted by atomic mass is 19.1. The first kappa shape index (κ1) is 17.1. The summed E-state index contributed by atoms with van der Waals surface area (Å²) in [7, 11) is 1.76. The van der Waals surface area contributed by atoms with Crippen LogP contribution < -0.4 is 0 Å². The monoisotopic (exact) mass is 345 g/mol. The second kappa shape index (κ2) is 7.04. The number of hydrogen-bond acceptors (Lipinski definition) is 3. The van der Waals surface area contributed by atoms with E-state index in [0.29, 0.717) is 19.4 Å². The molecule has 1 aromatic carbocycles. The molecule has 0 unspecified atom stereocenters. The van der Waals surface area contributed by atoms with Gasteiger partial charge >= 0.3 is 5.97 Å². The van der Waals surface area contributed by atoms with Gasteiger partial charge < -0.3 is 10.0 Å². The molecule has 0 aliphatic carbocycles. The van der Waals surface area contributed by atoms with Crippen LogP contribution in [0, 0.1) is 11.7 Å². The van der Waals surface area contributed by atoms with E-state index in [-0.39, 0.29) is 18.1 Å². The van der Waals surface area contributed by atoms with Crippen LogP contribution in [-0.2, 0) is 23.1 Å². The molecule has 7 heteroatoms. The first-order chi connectivity index (χ1) is 12.0. The number of piperidine rings is 1. The van der Waals surface area contributed by atoms with Gasteiger partial charge in [0.25, 0.3) is 0 Å². The van der Waals surface area contributed by atoms with Crippen LogP contribution in [0.4, 0.5) is 4.39 Å². The molecule has 3 rings (SSSR count). The molecule has 0 bridgehead atoms. The summed E-state index contributed by atoms with van der Waals surface area (Å²) in [6.45, 7) is 0.383. The summed E-state index contributed by atoms with van der Waals surface area (Å²) in [5.41, 5.74) is 1.62. The van der Waals surface area contributed by atoms with Crippen molar-refractivity contribution in [2.45, 2.75) is 25.3 Å². The van der Waals surface area contributed by atoms with Crippen molar-refractivity contribution in [1.82, 2.24) is 14.7 Å². The van der Waals surface area contributed by atoms with Crippen molar-refractivity contribution in [2.75, 3.05) is 6.54 Å². The average Bonchev–Trinajstić information content (AvgIpc) is 3.00. The highest BCUT2D eigenvalue weighted by molar-refractivity contribution is 5.81. The van der Waals surface area contributed by atoms with Crippen LogP contribution in [0.15, 0.2) is 36.7 Å². The van der Waals surface area contributed by atoms with Gasteiger partial charge in [-0.1, -0.05) is 12.1 Å². The Kier molecular flexibility index (Phi) is 4.83. The van der Waals surface area contributed by atoms with Crippen molar-refractivity contribution in [3.63, 3.8) is 0 Å². The number of nitrogens with zero attached hydrogens (tertiary/aromatic N) is 3. The lowest BCUT2D eigenvalue weighted by atomic mass is 9.85. The largest absolute Gasteiger partial charge is 0.481 e. The van der Waals surface area contributed by atoms with Crippen molar-refractivity contribution in [1.29, 1.82) is 0 Å². The fourth-order valence-electron chi connectivity index (χ4n) is 3.38. The van der Waals surface area contributed by atoms with E-state index in [1.54, 1.807) is 41.2 Å². The molecule has 1 fully saturated rings. The summed E-state index contributed by atoms with van der Waals surface area (Å²) < 4.78 is 14.6. The molecule has 0 saturated carbocycles. The molecule has 6 nitrogen and oxygen atoms in total. The highest BCUT2D eigenvalue weighted by Crippen LogP contribution is 2.36. The van der Waals surface area contributed by atoms with Gasteiger partial charge in [-0.2, -0.15) is 5.10 Å². The Morgan fingerprint density at radius 1 is 1.36 bits per heavy atom. The first-order valence-corrected chi connectivity index (χ1v) is 8.21. The zero-order chi connectivity index (χ0) is 18.0. The topological polar surface area (TPSA) is 75.4 Å². The van der Waals surface area contributed by atoms with Gasteiger partial charge in [0.1, 0.15) is 5.82 Å². The number of amides is 1. The number of rotatable bonds is 5. The molecule has 1 aliphatic rings. The summed E-state index contributed by atoms with van der Waals surface area (Å²) in [4.78, 5) is 25.8. The Morgan fingerprint density at radius 3 is 2.68 bits per heavy atom. The smallest absolute Gasteiger partial charge is 0.308 e. The summed E-state index contributed by atoms with van der Waals surface area (Å²) in [5, 5.41) is 13.7. The van der Waals surface area contributed by atoms with E-state index in [1.165, 1.54) is 12.1 Å². The summed E-state index contributed by atoms with van der Waals surface area (Å²) in [6, 6.07) is 5.58. The predicted octanol–water partition coefficient (Wildman–Crippen LogP) is 2.17. The number of carbonyl (C=O) groups excluding carboxylic acids is 1. The Bertz CT molecular complexity index is 772. The van der Waals surface area contributed by atoms with E-state index < -0.39 is 17.9 Å². The third-order valence-corrected chi connectivity index (χ3v) is 4.64. The average molecular weight is 345 g/mol. The van der Waals surface area contributed by atoms with E-state index in [1.807, 2.05) is 0 Å². The zero-order valence-electron chi connectivity index (χ0n) is 13.9. The fraction of sp³-hybridized carbons (Fsp3) is 0.389. The van der Waals surface area contributed by atoms with Gasteiger partial charge in [-0.05, 0) is 30.5 Å². The summed E-state index contributed by atoms with van der Waals surface area (Å²) in [5.74, 6) is -1.94. The molecule has 132 valence electrons. The quantitative estimate of drug-likeness (QED) is 0.901. The number of aliphatic carboxylic acids is 1. The Balaban J connectivity index is 1.85. The van der Waals surface area contributed by atoms with Crippen molar-refractivity contribution < 1.29 is 19.1 Å². The number of aromatic nitrogens is 2. The van der Waals surface area contributed by atoms with Gasteiger partial charge in [-0.15, -0.1) is 0 Å². The lowest BCUT2D eigenvalue weighted by Gasteiger charge is -2.39. The number of aryl methyl sites for hydroxylation is 1. The number of carboxylic acid groups (broad SMARTS) is 1. The number of carbonyl (C=O) groups is 2. The SMILES string of the molecule is Cn1cc([C@H]2[C@@H](C(=O)O)CCC(=O)N2CCc2ccc(F)cc2)cn1. The van der Waals surface area contributed by atoms with Crippen molar-refractivity contribution in [2.24, 2.45) is 13.0 Å². The number of carboxylic acids is 1. The first-order valence-electron chi connectivity index (χ1n) is 8.21. The van der Waals surface area contributed by atoms with Gasteiger partial charge in [-0.25, -0.2) is 4.39 Å². The minimum Gasteiger partial charge on any atom is -0.481 e. The van der Waals surface area contributed by atoms with Crippen LogP contribution in [0.3, 0.4) is 0 Å². The molecule has 2 atom stereocenters. The minimum atomic E-state index is -0.909. The van der Waals surface area contributed by atoms with Crippen LogP contribution in [0.5, 0.6) is 0 Å². The number of benzene rings is 1. The third kappa shape index (κ3) is 3.70. The van der Waals surface area contributed by atoms with E-state index in [9.17, 15) is 19.1 Å². The van der Waals surface area contributed by atoms with E-state index >= 15 is 0 Å². The maximum Gasteiger partial charge on any atom is 0.308 e. The molecular formula is C18H20FN3O3. The van der Waals surface area contributed by atoms with Crippen LogP contribution >= 0.6 is 0 Å². The fourth-order valence-corrected chi connectivity index (χ4v) is 3.38. The van der Waals surface area contributed by atoms with Gasteiger partial charge in [0.2, 0.25) is 5.91 Å². The number of hydrogen-bond donors (Lipinski definition) is 1. The third-order valence-electron chi connectivity index (χ3n) is 4.64. The number of likely N-dealkylation sites (tertiary alicyclic amines) is 1. The van der Waals surface area contributed by atoms with Gasteiger partial charge in [0.15, 0.2) is 0 Å². The predicted molar refractivity (Wildman–Crippen MR) is 88.1 cm³/mol. The second-order valence-corrected chi connectivity index (χ2v) is 6.34. The number of halogens is 1. The molecule has 2 aromatic rings. The molecular weight excluding hydrogens is 325 g/mol. The van der Waals surface area contributed by atoms with Crippen molar-refractivity contribution >= 4 is 11.9 Å². The van der Waals surface area contributed by atoms with Crippen molar-refractivity contribution in [3.05, 3.63) is 53.6 Å². The lowest BCUT2D eigenvalue weighted by molar-refractivity contribution is -0.152. The Labute approximate surface area is 144 Å². The van der Waals surface area contributed by atoms with Gasteiger partial charge in [0.05, 0.1) is 18.2 Å². The van der Waals surface area contributed by atoms with E-state index in [2.05, 4.69) is 5.10 Å². The van der Waals surface area contributed by atoms with Crippen LogP contribution in [0.2, 0.25) is 0 Å².